The Labute approximate surface area is 197 Å². The largest absolute Gasteiger partial charge is 0.331 e. The molecule has 1 aromatic carbocycles. The maximum Gasteiger partial charge on any atom is 0.255 e. The summed E-state index contributed by atoms with van der Waals surface area (Å²) in [6.45, 7) is 2.83. The number of aromatic nitrogens is 2. The number of carbonyl (C=O) groups is 1. The monoisotopic (exact) mass is 509 g/mol. The van der Waals surface area contributed by atoms with Gasteiger partial charge in [0.25, 0.3) is 5.91 Å². The van der Waals surface area contributed by atoms with E-state index >= 15 is 0 Å². The molecule has 0 N–H and O–H groups in total. The molecule has 0 spiro atoms. The zero-order valence-electron chi connectivity index (χ0n) is 17.5. The Kier molecular flexibility index (Phi) is 4.73. The summed E-state index contributed by atoms with van der Waals surface area (Å²) in [5.41, 5.74) is 4.87. The minimum absolute atomic E-state index is 0.0447. The first-order valence-corrected chi connectivity index (χ1v) is 12.5. The molecule has 4 heterocycles. The summed E-state index contributed by atoms with van der Waals surface area (Å²) in [6.07, 6.45) is 6.79. The van der Waals surface area contributed by atoms with Gasteiger partial charge in [0, 0.05) is 33.9 Å². The van der Waals surface area contributed by atoms with Gasteiger partial charge in [0.15, 0.2) is 0 Å². The lowest BCUT2D eigenvalue weighted by Gasteiger charge is -2.33. The molecule has 2 aliphatic rings. The van der Waals surface area contributed by atoms with E-state index in [9.17, 15) is 9.18 Å². The van der Waals surface area contributed by atoms with Crippen molar-refractivity contribution in [3.05, 3.63) is 80.0 Å². The molecule has 4 nitrogen and oxygen atoms in total. The predicted molar refractivity (Wildman–Crippen MR) is 128 cm³/mol. The molecular formula is C25H21BrFN3OS. The average molecular weight is 510 g/mol. The number of thiophene rings is 1. The number of nitrogens with zero attached hydrogens (tertiary/aromatic N) is 3. The number of benzene rings is 1. The number of imidazole rings is 1. The number of amides is 1. The average Bonchev–Trinajstić information content (AvgIpc) is 3.34. The van der Waals surface area contributed by atoms with Crippen molar-refractivity contribution in [2.75, 3.05) is 6.54 Å². The highest BCUT2D eigenvalue weighted by Crippen LogP contribution is 2.43. The molecule has 162 valence electrons. The normalized spacial score (nSPS) is 18.2. The lowest BCUT2D eigenvalue weighted by Crippen LogP contribution is -2.38. The van der Waals surface area contributed by atoms with E-state index in [-0.39, 0.29) is 17.8 Å². The van der Waals surface area contributed by atoms with Crippen LogP contribution in [0, 0.1) is 5.82 Å². The van der Waals surface area contributed by atoms with Crippen LogP contribution in [0.5, 0.6) is 0 Å². The fourth-order valence-corrected chi connectivity index (χ4v) is 6.01. The summed E-state index contributed by atoms with van der Waals surface area (Å²) in [5, 5.41) is 2.11. The molecule has 6 rings (SSSR count). The third-order valence-electron chi connectivity index (χ3n) is 6.59. The second-order valence-corrected chi connectivity index (χ2v) is 10.6. The minimum atomic E-state index is -0.319. The van der Waals surface area contributed by atoms with Gasteiger partial charge in [0.05, 0.1) is 17.3 Å². The summed E-state index contributed by atoms with van der Waals surface area (Å²) < 4.78 is 17.2. The Morgan fingerprint density at radius 3 is 2.81 bits per heavy atom. The summed E-state index contributed by atoms with van der Waals surface area (Å²) in [5.74, 6) is 0.140. The first-order valence-electron chi connectivity index (χ1n) is 10.8. The molecule has 1 aliphatic carbocycles. The van der Waals surface area contributed by atoms with Crippen LogP contribution in [0.1, 0.15) is 58.1 Å². The molecule has 0 bridgehead atoms. The third kappa shape index (κ3) is 3.30. The summed E-state index contributed by atoms with van der Waals surface area (Å²) in [4.78, 5) is 21.7. The van der Waals surface area contributed by atoms with E-state index in [1.165, 1.54) is 16.5 Å². The molecule has 1 atom stereocenters. The van der Waals surface area contributed by atoms with Gasteiger partial charge in [-0.1, -0.05) is 15.9 Å². The van der Waals surface area contributed by atoms with Crippen LogP contribution in [0.25, 0.3) is 16.9 Å². The maximum atomic E-state index is 14.6. The molecule has 3 aromatic heterocycles. The van der Waals surface area contributed by atoms with E-state index in [4.69, 9.17) is 4.98 Å². The van der Waals surface area contributed by atoms with E-state index in [1.807, 2.05) is 33.8 Å². The standard InChI is InChI=1S/C25H21BrFN3OS/c1-14-18-7-9-32-23(18)6-8-30(14)25(31)16-10-20(15-2-3-15)24-28-22(13-29(24)12-16)19-5-4-17(26)11-21(19)27/h4-5,7,9-15H,2-3,6,8H2,1H3/t14-/m1/s1. The number of rotatable bonds is 3. The van der Waals surface area contributed by atoms with Crippen molar-refractivity contribution < 1.29 is 9.18 Å². The highest BCUT2D eigenvalue weighted by Gasteiger charge is 2.32. The Balaban J connectivity index is 1.42. The second kappa shape index (κ2) is 7.52. The van der Waals surface area contributed by atoms with Gasteiger partial charge in [-0.25, -0.2) is 9.37 Å². The Bertz CT molecular complexity index is 1370. The van der Waals surface area contributed by atoms with Crippen LogP contribution in [0.15, 0.2) is 52.6 Å². The first-order chi connectivity index (χ1) is 15.5. The van der Waals surface area contributed by atoms with Crippen molar-refractivity contribution in [2.24, 2.45) is 0 Å². The predicted octanol–water partition coefficient (Wildman–Crippen LogP) is 6.60. The van der Waals surface area contributed by atoms with Crippen molar-refractivity contribution in [1.82, 2.24) is 14.3 Å². The van der Waals surface area contributed by atoms with Crippen molar-refractivity contribution in [1.29, 1.82) is 0 Å². The molecule has 7 heteroatoms. The van der Waals surface area contributed by atoms with Gasteiger partial charge in [-0.2, -0.15) is 0 Å². The summed E-state index contributed by atoms with van der Waals surface area (Å²) in [7, 11) is 0. The summed E-state index contributed by atoms with van der Waals surface area (Å²) >= 11 is 5.08. The molecular weight excluding hydrogens is 489 g/mol. The molecule has 1 amide bonds. The Morgan fingerprint density at radius 2 is 2.03 bits per heavy atom. The van der Waals surface area contributed by atoms with Crippen LogP contribution < -0.4 is 0 Å². The Hall–Kier alpha value is -2.51. The van der Waals surface area contributed by atoms with Crippen LogP contribution in [0.2, 0.25) is 0 Å². The van der Waals surface area contributed by atoms with Crippen LogP contribution in [0.4, 0.5) is 4.39 Å². The van der Waals surface area contributed by atoms with Crippen molar-refractivity contribution in [3.8, 4) is 11.3 Å². The van der Waals surface area contributed by atoms with Crippen molar-refractivity contribution in [2.45, 2.75) is 38.1 Å². The highest BCUT2D eigenvalue weighted by atomic mass is 79.9. The summed E-state index contributed by atoms with van der Waals surface area (Å²) in [6, 6.07) is 9.21. The molecule has 0 saturated heterocycles. The first kappa shape index (κ1) is 20.1. The Morgan fingerprint density at radius 1 is 1.19 bits per heavy atom. The minimum Gasteiger partial charge on any atom is -0.331 e. The molecule has 0 radical (unpaired) electrons. The highest BCUT2D eigenvalue weighted by molar-refractivity contribution is 9.10. The lowest BCUT2D eigenvalue weighted by molar-refractivity contribution is 0.0678. The third-order valence-corrected chi connectivity index (χ3v) is 8.08. The zero-order chi connectivity index (χ0) is 22.0. The van der Waals surface area contributed by atoms with Crippen LogP contribution in [-0.4, -0.2) is 26.7 Å². The van der Waals surface area contributed by atoms with Crippen LogP contribution >= 0.6 is 27.3 Å². The molecule has 1 fully saturated rings. The van der Waals surface area contributed by atoms with Crippen LogP contribution in [-0.2, 0) is 6.42 Å². The van der Waals surface area contributed by atoms with E-state index in [0.717, 1.165) is 37.0 Å². The van der Waals surface area contributed by atoms with E-state index in [2.05, 4.69) is 34.3 Å². The number of halogens is 2. The van der Waals surface area contributed by atoms with E-state index < -0.39 is 0 Å². The lowest BCUT2D eigenvalue weighted by atomic mass is 10.00. The topological polar surface area (TPSA) is 37.6 Å². The molecule has 1 saturated carbocycles. The zero-order valence-corrected chi connectivity index (χ0v) is 19.9. The fourth-order valence-electron chi connectivity index (χ4n) is 4.72. The number of hydrogen-bond donors (Lipinski definition) is 0. The molecule has 0 unspecified atom stereocenters. The molecule has 32 heavy (non-hydrogen) atoms. The fraction of sp³-hybridized carbons (Fsp3) is 0.280. The number of fused-ring (bicyclic) bond motifs is 2. The van der Waals surface area contributed by atoms with Gasteiger partial charge >= 0.3 is 0 Å². The van der Waals surface area contributed by atoms with Gasteiger partial charge in [0.1, 0.15) is 11.5 Å². The SMILES string of the molecule is C[C@@H]1c2ccsc2CCN1C(=O)c1cc(C2CC2)c2nc(-c3ccc(Br)cc3F)cn2c1. The van der Waals surface area contributed by atoms with Crippen LogP contribution in [0.3, 0.4) is 0 Å². The smallest absolute Gasteiger partial charge is 0.255 e. The second-order valence-electron chi connectivity index (χ2n) is 8.66. The quantitative estimate of drug-likeness (QED) is 0.312. The van der Waals surface area contributed by atoms with Gasteiger partial charge in [-0.3, -0.25) is 4.79 Å². The van der Waals surface area contributed by atoms with Gasteiger partial charge < -0.3 is 9.30 Å². The molecule has 4 aromatic rings. The van der Waals surface area contributed by atoms with E-state index in [1.54, 1.807) is 17.4 Å². The van der Waals surface area contributed by atoms with Gasteiger partial charge in [-0.05, 0) is 78.9 Å². The number of carbonyl (C=O) groups excluding carboxylic acids is 1. The maximum absolute atomic E-state index is 14.6. The number of hydrogen-bond acceptors (Lipinski definition) is 3. The number of pyridine rings is 1. The van der Waals surface area contributed by atoms with Gasteiger partial charge in [0.2, 0.25) is 0 Å². The molecule has 1 aliphatic heterocycles. The van der Waals surface area contributed by atoms with E-state index in [0.29, 0.717) is 27.2 Å². The van der Waals surface area contributed by atoms with Crippen molar-refractivity contribution in [3.63, 3.8) is 0 Å². The van der Waals surface area contributed by atoms with Gasteiger partial charge in [-0.15, -0.1) is 11.3 Å². The van der Waals surface area contributed by atoms with Crippen molar-refractivity contribution >= 4 is 38.8 Å².